The second-order valence-corrected chi connectivity index (χ2v) is 10.9. The Kier molecular flexibility index (Phi) is 10.1. The Morgan fingerprint density at radius 2 is 1.71 bits per heavy atom. The van der Waals surface area contributed by atoms with Gasteiger partial charge in [0.1, 0.15) is 18.4 Å². The lowest BCUT2D eigenvalue weighted by atomic mass is 10.1. The van der Waals surface area contributed by atoms with Gasteiger partial charge in [-0.1, -0.05) is 43.6 Å². The molecule has 2 rings (SSSR count). The van der Waals surface area contributed by atoms with Crippen molar-refractivity contribution in [2.45, 2.75) is 59.2 Å². The van der Waals surface area contributed by atoms with Crippen LogP contribution in [0.2, 0.25) is 5.02 Å². The van der Waals surface area contributed by atoms with Crippen molar-refractivity contribution < 1.29 is 22.4 Å². The quantitative estimate of drug-likeness (QED) is 0.474. The Hall–Kier alpha value is -2.65. The summed E-state index contributed by atoms with van der Waals surface area (Å²) in [5.41, 5.74) is 1.41. The fraction of sp³-hybridized carbons (Fsp3) is 0.440. The Labute approximate surface area is 212 Å². The molecule has 0 fully saturated rings. The minimum Gasteiger partial charge on any atom is -0.352 e. The Bertz CT molecular complexity index is 1140. The highest BCUT2D eigenvalue weighted by Crippen LogP contribution is 2.28. The minimum absolute atomic E-state index is 0.0116. The standard InChI is InChI=1S/C25H33ClFN3O4S/c1-6-17(3)28-25(32)22(7-2)29(15-19-11-13-20(27)14-12-19)24(31)16-30(35(5,33)34)23-10-8-9-21(26)18(23)4/h8-14,17,22H,6-7,15-16H2,1-5H3,(H,28,32)/t17-,22-/m0/s1. The fourth-order valence-corrected chi connectivity index (χ4v) is 4.68. The number of halogens is 2. The molecule has 35 heavy (non-hydrogen) atoms. The van der Waals surface area contributed by atoms with Crippen LogP contribution in [0.4, 0.5) is 10.1 Å². The first-order valence-electron chi connectivity index (χ1n) is 11.5. The average Bonchev–Trinajstić information content (AvgIpc) is 2.79. The van der Waals surface area contributed by atoms with E-state index in [1.807, 2.05) is 13.8 Å². The SMILES string of the molecule is CC[C@H](C)NC(=O)[C@H](CC)N(Cc1ccc(F)cc1)C(=O)CN(c1cccc(Cl)c1C)S(C)(=O)=O. The Balaban J connectivity index is 2.47. The number of benzene rings is 2. The first-order chi connectivity index (χ1) is 16.4. The predicted molar refractivity (Wildman–Crippen MR) is 137 cm³/mol. The molecular weight excluding hydrogens is 493 g/mol. The second-order valence-electron chi connectivity index (χ2n) is 8.54. The van der Waals surface area contributed by atoms with E-state index in [9.17, 15) is 22.4 Å². The molecule has 0 heterocycles. The van der Waals surface area contributed by atoms with E-state index in [4.69, 9.17) is 11.6 Å². The van der Waals surface area contributed by atoms with E-state index in [0.717, 1.165) is 10.6 Å². The first-order valence-corrected chi connectivity index (χ1v) is 13.7. The maximum atomic E-state index is 13.6. The zero-order valence-corrected chi connectivity index (χ0v) is 22.3. The number of rotatable bonds is 11. The summed E-state index contributed by atoms with van der Waals surface area (Å²) in [7, 11) is -3.86. The van der Waals surface area contributed by atoms with Crippen LogP contribution in [0.25, 0.3) is 0 Å². The highest BCUT2D eigenvalue weighted by atomic mass is 35.5. The lowest BCUT2D eigenvalue weighted by Gasteiger charge is -2.33. The van der Waals surface area contributed by atoms with Crippen LogP contribution < -0.4 is 9.62 Å². The van der Waals surface area contributed by atoms with E-state index in [2.05, 4.69) is 5.32 Å². The summed E-state index contributed by atoms with van der Waals surface area (Å²) < 4.78 is 39.8. The molecule has 0 aromatic heterocycles. The zero-order chi connectivity index (χ0) is 26.3. The summed E-state index contributed by atoms with van der Waals surface area (Å²) in [4.78, 5) is 28.1. The van der Waals surface area contributed by atoms with Crippen molar-refractivity contribution in [2.75, 3.05) is 17.1 Å². The summed E-state index contributed by atoms with van der Waals surface area (Å²) in [5.74, 6) is -1.32. The summed E-state index contributed by atoms with van der Waals surface area (Å²) in [6.07, 6.45) is 2.03. The molecule has 2 aromatic carbocycles. The lowest BCUT2D eigenvalue weighted by Crippen LogP contribution is -2.53. The van der Waals surface area contributed by atoms with E-state index in [-0.39, 0.29) is 24.2 Å². The molecule has 2 aromatic rings. The number of carbonyl (C=O) groups is 2. The molecule has 0 saturated carbocycles. The van der Waals surface area contributed by atoms with Gasteiger partial charge in [-0.25, -0.2) is 12.8 Å². The number of amides is 2. The van der Waals surface area contributed by atoms with Crippen molar-refractivity contribution in [3.05, 3.63) is 64.4 Å². The number of sulfonamides is 1. The van der Waals surface area contributed by atoms with Gasteiger partial charge in [0.05, 0.1) is 11.9 Å². The first kappa shape index (κ1) is 28.6. The van der Waals surface area contributed by atoms with Crippen molar-refractivity contribution in [2.24, 2.45) is 0 Å². The third-order valence-electron chi connectivity index (χ3n) is 5.84. The lowest BCUT2D eigenvalue weighted by molar-refractivity contribution is -0.140. The predicted octanol–water partition coefficient (Wildman–Crippen LogP) is 4.28. The summed E-state index contributed by atoms with van der Waals surface area (Å²) >= 11 is 6.20. The molecule has 1 N–H and O–H groups in total. The molecule has 2 atom stereocenters. The summed E-state index contributed by atoms with van der Waals surface area (Å²) in [6.45, 7) is 6.74. The largest absolute Gasteiger partial charge is 0.352 e. The minimum atomic E-state index is -3.86. The maximum Gasteiger partial charge on any atom is 0.244 e. The van der Waals surface area contributed by atoms with Crippen LogP contribution >= 0.6 is 11.6 Å². The number of hydrogen-bond acceptors (Lipinski definition) is 4. The third-order valence-corrected chi connectivity index (χ3v) is 7.38. The van der Waals surface area contributed by atoms with Crippen molar-refractivity contribution in [1.29, 1.82) is 0 Å². The molecule has 0 aliphatic rings. The Morgan fingerprint density at radius 1 is 1.09 bits per heavy atom. The zero-order valence-electron chi connectivity index (χ0n) is 20.7. The van der Waals surface area contributed by atoms with E-state index in [0.29, 0.717) is 29.0 Å². The molecule has 10 heteroatoms. The monoisotopic (exact) mass is 525 g/mol. The van der Waals surface area contributed by atoms with Gasteiger partial charge in [-0.05, 0) is 62.1 Å². The molecule has 192 valence electrons. The molecule has 7 nitrogen and oxygen atoms in total. The van der Waals surface area contributed by atoms with Crippen LogP contribution in [-0.2, 0) is 26.2 Å². The number of carbonyl (C=O) groups excluding carboxylic acids is 2. The number of anilines is 1. The van der Waals surface area contributed by atoms with Gasteiger partial charge < -0.3 is 10.2 Å². The van der Waals surface area contributed by atoms with Gasteiger partial charge in [-0.2, -0.15) is 0 Å². The van der Waals surface area contributed by atoms with Gasteiger partial charge in [-0.15, -0.1) is 0 Å². The topological polar surface area (TPSA) is 86.8 Å². The van der Waals surface area contributed by atoms with Gasteiger partial charge >= 0.3 is 0 Å². The molecule has 0 saturated heterocycles. The van der Waals surface area contributed by atoms with Crippen LogP contribution in [0, 0.1) is 12.7 Å². The number of nitrogens with zero attached hydrogens (tertiary/aromatic N) is 2. The van der Waals surface area contributed by atoms with Gasteiger partial charge in [0, 0.05) is 17.6 Å². The van der Waals surface area contributed by atoms with Crippen molar-refractivity contribution in [3.8, 4) is 0 Å². The fourth-order valence-electron chi connectivity index (χ4n) is 3.61. The summed E-state index contributed by atoms with van der Waals surface area (Å²) in [5, 5.41) is 3.27. The molecule has 2 amide bonds. The van der Waals surface area contributed by atoms with Crippen molar-refractivity contribution in [3.63, 3.8) is 0 Å². The third kappa shape index (κ3) is 7.67. The van der Waals surface area contributed by atoms with Gasteiger partial charge in [0.2, 0.25) is 21.8 Å². The van der Waals surface area contributed by atoms with Crippen LogP contribution in [0.5, 0.6) is 0 Å². The molecule has 0 aliphatic heterocycles. The summed E-state index contributed by atoms with van der Waals surface area (Å²) in [6, 6.07) is 9.49. The average molecular weight is 526 g/mol. The van der Waals surface area contributed by atoms with E-state index in [1.54, 1.807) is 32.0 Å². The highest BCUT2D eigenvalue weighted by molar-refractivity contribution is 7.92. The molecule has 0 bridgehead atoms. The number of nitrogens with one attached hydrogen (secondary N) is 1. The molecule has 0 unspecified atom stereocenters. The van der Waals surface area contributed by atoms with E-state index in [1.165, 1.54) is 29.2 Å². The van der Waals surface area contributed by atoms with Crippen LogP contribution in [0.1, 0.15) is 44.7 Å². The highest BCUT2D eigenvalue weighted by Gasteiger charge is 2.32. The van der Waals surface area contributed by atoms with Gasteiger partial charge in [-0.3, -0.25) is 13.9 Å². The number of hydrogen-bond donors (Lipinski definition) is 1. The molecule has 0 aliphatic carbocycles. The van der Waals surface area contributed by atoms with Crippen LogP contribution in [0.3, 0.4) is 0 Å². The van der Waals surface area contributed by atoms with Crippen LogP contribution in [-0.4, -0.2) is 50.0 Å². The van der Waals surface area contributed by atoms with E-state index >= 15 is 0 Å². The smallest absolute Gasteiger partial charge is 0.244 e. The Morgan fingerprint density at radius 3 is 2.26 bits per heavy atom. The molecule has 0 radical (unpaired) electrons. The normalized spacial score (nSPS) is 13.1. The van der Waals surface area contributed by atoms with Gasteiger partial charge in [0.25, 0.3) is 0 Å². The maximum absolute atomic E-state index is 13.6. The molecule has 0 spiro atoms. The van der Waals surface area contributed by atoms with Crippen LogP contribution in [0.15, 0.2) is 42.5 Å². The second kappa shape index (κ2) is 12.4. The van der Waals surface area contributed by atoms with Crippen molar-refractivity contribution in [1.82, 2.24) is 10.2 Å². The van der Waals surface area contributed by atoms with Gasteiger partial charge in [0.15, 0.2) is 0 Å². The van der Waals surface area contributed by atoms with Crippen molar-refractivity contribution >= 4 is 39.1 Å². The van der Waals surface area contributed by atoms with E-state index < -0.39 is 34.3 Å². The molecular formula is C25H33ClFN3O4S.